The third-order valence-corrected chi connectivity index (χ3v) is 2.39. The quantitative estimate of drug-likeness (QED) is 0.892. The molecule has 0 saturated heterocycles. The number of nitrogens with one attached hydrogen (secondary N) is 1. The Morgan fingerprint density at radius 2 is 1.59 bits per heavy atom. The van der Waals surface area contributed by atoms with Crippen molar-refractivity contribution >= 4 is 18.1 Å². The Hall–Kier alpha value is -1.67. The van der Waals surface area contributed by atoms with Gasteiger partial charge >= 0.3 is 0 Å². The minimum Gasteiger partial charge on any atom is -0.487 e. The van der Waals surface area contributed by atoms with Gasteiger partial charge in [-0.2, -0.15) is 0 Å². The van der Waals surface area contributed by atoms with E-state index in [4.69, 9.17) is 4.74 Å². The number of ether oxygens (including phenoxy) is 1. The van der Waals surface area contributed by atoms with Gasteiger partial charge in [0, 0.05) is 7.05 Å². The van der Waals surface area contributed by atoms with Gasteiger partial charge in [0.05, 0.1) is 5.69 Å². The summed E-state index contributed by atoms with van der Waals surface area (Å²) in [6, 6.07) is 18.1. The first-order valence-electron chi connectivity index (χ1n) is 5.33. The van der Waals surface area contributed by atoms with E-state index >= 15 is 0 Å². The Labute approximate surface area is 108 Å². The van der Waals surface area contributed by atoms with Crippen LogP contribution in [0.4, 0.5) is 5.69 Å². The Morgan fingerprint density at radius 1 is 0.941 bits per heavy atom. The van der Waals surface area contributed by atoms with Gasteiger partial charge in [-0.25, -0.2) is 0 Å². The lowest BCUT2D eigenvalue weighted by Gasteiger charge is -2.10. The summed E-state index contributed by atoms with van der Waals surface area (Å²) in [5, 5.41) is 3.11. The van der Waals surface area contributed by atoms with Crippen LogP contribution in [0.5, 0.6) is 5.75 Å². The van der Waals surface area contributed by atoms with Gasteiger partial charge in [-0.3, -0.25) is 0 Å². The third kappa shape index (κ3) is 3.68. The van der Waals surface area contributed by atoms with Crippen LogP contribution in [0.3, 0.4) is 0 Å². The molecule has 2 rings (SSSR count). The Bertz CT molecular complexity index is 445. The molecule has 0 aliphatic rings. The topological polar surface area (TPSA) is 21.3 Å². The van der Waals surface area contributed by atoms with Crippen molar-refractivity contribution in [1.82, 2.24) is 0 Å². The lowest BCUT2D eigenvalue weighted by atomic mass is 10.2. The maximum atomic E-state index is 5.75. The Balaban J connectivity index is 0.00000144. The molecule has 3 heteroatoms. The maximum absolute atomic E-state index is 5.75. The largest absolute Gasteiger partial charge is 0.487 e. The second kappa shape index (κ2) is 6.81. The summed E-state index contributed by atoms with van der Waals surface area (Å²) in [5.74, 6) is 0.883. The van der Waals surface area contributed by atoms with Crippen molar-refractivity contribution in [2.45, 2.75) is 6.61 Å². The standard InChI is InChI=1S/C14H15NO.ClH/c1-15-13-9-5-6-10-14(13)16-11-12-7-3-2-4-8-12;/h2-10,15H,11H2,1H3;1H. The number of para-hydroxylation sites is 2. The number of halogens is 1. The molecule has 0 fully saturated rings. The zero-order chi connectivity index (χ0) is 11.2. The lowest BCUT2D eigenvalue weighted by molar-refractivity contribution is 0.308. The molecule has 0 heterocycles. The summed E-state index contributed by atoms with van der Waals surface area (Å²) in [5.41, 5.74) is 2.19. The van der Waals surface area contributed by atoms with Crippen LogP contribution in [-0.4, -0.2) is 7.05 Å². The first-order valence-corrected chi connectivity index (χ1v) is 5.33. The predicted octanol–water partition coefficient (Wildman–Crippen LogP) is 3.73. The maximum Gasteiger partial charge on any atom is 0.142 e. The molecule has 0 amide bonds. The zero-order valence-corrected chi connectivity index (χ0v) is 10.5. The highest BCUT2D eigenvalue weighted by Crippen LogP contribution is 2.23. The summed E-state index contributed by atoms with van der Waals surface area (Å²) in [6.07, 6.45) is 0. The van der Waals surface area contributed by atoms with Gasteiger partial charge in [0.2, 0.25) is 0 Å². The van der Waals surface area contributed by atoms with E-state index in [1.807, 2.05) is 49.5 Å². The highest BCUT2D eigenvalue weighted by Gasteiger charge is 2.00. The number of hydrogen-bond donors (Lipinski definition) is 1. The molecule has 2 aromatic carbocycles. The summed E-state index contributed by atoms with van der Waals surface area (Å²) in [4.78, 5) is 0. The molecule has 0 saturated carbocycles. The van der Waals surface area contributed by atoms with Gasteiger partial charge in [0.15, 0.2) is 0 Å². The van der Waals surface area contributed by atoms with Crippen molar-refractivity contribution in [3.05, 3.63) is 60.2 Å². The highest BCUT2D eigenvalue weighted by molar-refractivity contribution is 5.85. The van der Waals surface area contributed by atoms with Gasteiger partial charge < -0.3 is 10.1 Å². The van der Waals surface area contributed by atoms with E-state index in [1.54, 1.807) is 0 Å². The summed E-state index contributed by atoms with van der Waals surface area (Å²) >= 11 is 0. The summed E-state index contributed by atoms with van der Waals surface area (Å²) in [6.45, 7) is 0.597. The first kappa shape index (κ1) is 13.4. The smallest absolute Gasteiger partial charge is 0.142 e. The average Bonchev–Trinajstić information content (AvgIpc) is 2.38. The van der Waals surface area contributed by atoms with E-state index in [1.165, 1.54) is 5.56 Å². The summed E-state index contributed by atoms with van der Waals surface area (Å²) in [7, 11) is 1.89. The monoisotopic (exact) mass is 249 g/mol. The lowest BCUT2D eigenvalue weighted by Crippen LogP contribution is -1.98. The van der Waals surface area contributed by atoms with Crippen molar-refractivity contribution in [3.63, 3.8) is 0 Å². The second-order valence-corrected chi connectivity index (χ2v) is 3.52. The first-order chi connectivity index (χ1) is 7.90. The van der Waals surface area contributed by atoms with E-state index in [0.717, 1.165) is 11.4 Å². The van der Waals surface area contributed by atoms with Crippen LogP contribution in [0.1, 0.15) is 5.56 Å². The Kier molecular flexibility index (Phi) is 5.37. The fourth-order valence-corrected chi connectivity index (χ4v) is 1.53. The molecule has 0 aliphatic carbocycles. The molecule has 90 valence electrons. The number of rotatable bonds is 4. The molecule has 1 N–H and O–H groups in total. The fourth-order valence-electron chi connectivity index (χ4n) is 1.53. The molecule has 0 aromatic heterocycles. The van der Waals surface area contributed by atoms with Crippen LogP contribution in [0.2, 0.25) is 0 Å². The van der Waals surface area contributed by atoms with Crippen LogP contribution in [0, 0.1) is 0 Å². The van der Waals surface area contributed by atoms with Crippen LogP contribution in [0.25, 0.3) is 0 Å². The minimum absolute atomic E-state index is 0. The predicted molar refractivity (Wildman–Crippen MR) is 74.0 cm³/mol. The SMILES string of the molecule is CNc1ccccc1OCc1ccccc1.Cl. The average molecular weight is 250 g/mol. The molecule has 2 aromatic rings. The molecule has 0 radical (unpaired) electrons. The molecule has 0 aliphatic heterocycles. The highest BCUT2D eigenvalue weighted by atomic mass is 35.5. The van der Waals surface area contributed by atoms with Gasteiger partial charge in [-0.15, -0.1) is 12.4 Å². The van der Waals surface area contributed by atoms with E-state index in [-0.39, 0.29) is 12.4 Å². The molecule has 0 atom stereocenters. The third-order valence-electron chi connectivity index (χ3n) is 2.39. The van der Waals surface area contributed by atoms with E-state index < -0.39 is 0 Å². The molecule has 2 nitrogen and oxygen atoms in total. The molecule has 0 bridgehead atoms. The molecule has 0 unspecified atom stereocenters. The summed E-state index contributed by atoms with van der Waals surface area (Å²) < 4.78 is 5.75. The number of hydrogen-bond acceptors (Lipinski definition) is 2. The van der Waals surface area contributed by atoms with Crippen LogP contribution in [-0.2, 0) is 6.61 Å². The fraction of sp³-hybridized carbons (Fsp3) is 0.143. The van der Waals surface area contributed by atoms with Gasteiger partial charge in [0.25, 0.3) is 0 Å². The van der Waals surface area contributed by atoms with Crippen LogP contribution >= 0.6 is 12.4 Å². The molecule has 0 spiro atoms. The van der Waals surface area contributed by atoms with Crippen molar-refractivity contribution in [2.24, 2.45) is 0 Å². The molecular formula is C14H16ClNO. The van der Waals surface area contributed by atoms with Crippen LogP contribution < -0.4 is 10.1 Å². The molecule has 17 heavy (non-hydrogen) atoms. The van der Waals surface area contributed by atoms with Crippen molar-refractivity contribution in [1.29, 1.82) is 0 Å². The number of benzene rings is 2. The van der Waals surface area contributed by atoms with Gasteiger partial charge in [-0.05, 0) is 17.7 Å². The van der Waals surface area contributed by atoms with Crippen molar-refractivity contribution < 1.29 is 4.74 Å². The minimum atomic E-state index is 0. The Morgan fingerprint density at radius 3 is 2.29 bits per heavy atom. The second-order valence-electron chi connectivity index (χ2n) is 3.52. The molecular weight excluding hydrogens is 234 g/mol. The zero-order valence-electron chi connectivity index (χ0n) is 9.72. The van der Waals surface area contributed by atoms with Crippen LogP contribution in [0.15, 0.2) is 54.6 Å². The van der Waals surface area contributed by atoms with Gasteiger partial charge in [-0.1, -0.05) is 42.5 Å². The van der Waals surface area contributed by atoms with E-state index in [0.29, 0.717) is 6.61 Å². The van der Waals surface area contributed by atoms with Crippen molar-refractivity contribution in [2.75, 3.05) is 12.4 Å². The van der Waals surface area contributed by atoms with E-state index in [2.05, 4.69) is 17.4 Å². The number of anilines is 1. The van der Waals surface area contributed by atoms with Crippen molar-refractivity contribution in [3.8, 4) is 5.75 Å². The normalized spacial score (nSPS) is 9.24. The van der Waals surface area contributed by atoms with Gasteiger partial charge in [0.1, 0.15) is 12.4 Å². The van der Waals surface area contributed by atoms with E-state index in [9.17, 15) is 0 Å².